The molecule has 0 atom stereocenters. The largest absolute Gasteiger partial charge is 0.398 e. The molecule has 0 saturated heterocycles. The normalized spacial score (nSPS) is 12.2. The van der Waals surface area contributed by atoms with Gasteiger partial charge in [-0.05, 0) is 39.4 Å². The number of benzene rings is 1. The number of anilines is 1. The van der Waals surface area contributed by atoms with Gasteiger partial charge in [-0.2, -0.15) is 0 Å². The van der Waals surface area contributed by atoms with Crippen LogP contribution in [0.4, 0.5) is 5.69 Å². The SMILES string of the molecule is CCN(Cc1c(-c2ccccc2)nc2ccc(N)cn12)C(C)(C)C. The van der Waals surface area contributed by atoms with Crippen molar-refractivity contribution >= 4 is 11.3 Å². The molecule has 126 valence electrons. The topological polar surface area (TPSA) is 46.6 Å². The fourth-order valence-electron chi connectivity index (χ4n) is 3.09. The molecule has 0 aliphatic rings. The Hall–Kier alpha value is -2.33. The minimum absolute atomic E-state index is 0.0905. The fraction of sp³-hybridized carbons (Fsp3) is 0.350. The Morgan fingerprint density at radius 1 is 1.08 bits per heavy atom. The van der Waals surface area contributed by atoms with Gasteiger partial charge in [-0.25, -0.2) is 4.98 Å². The summed E-state index contributed by atoms with van der Waals surface area (Å²) in [6.07, 6.45) is 1.97. The van der Waals surface area contributed by atoms with Crippen LogP contribution in [-0.4, -0.2) is 26.4 Å². The van der Waals surface area contributed by atoms with Crippen LogP contribution in [0.2, 0.25) is 0 Å². The molecule has 1 aromatic carbocycles. The molecule has 3 rings (SSSR count). The number of nitrogen functional groups attached to an aromatic ring is 1. The van der Waals surface area contributed by atoms with Gasteiger partial charge in [0.2, 0.25) is 0 Å². The van der Waals surface area contributed by atoms with Crippen LogP contribution >= 0.6 is 0 Å². The first-order chi connectivity index (χ1) is 11.4. The van der Waals surface area contributed by atoms with E-state index in [0.717, 1.165) is 35.7 Å². The Labute approximate surface area is 143 Å². The van der Waals surface area contributed by atoms with Gasteiger partial charge in [0, 0.05) is 29.5 Å². The minimum Gasteiger partial charge on any atom is -0.398 e. The summed E-state index contributed by atoms with van der Waals surface area (Å²) in [5.41, 5.74) is 11.2. The quantitative estimate of drug-likeness (QED) is 0.783. The second kappa shape index (κ2) is 6.29. The Balaban J connectivity index is 2.17. The maximum Gasteiger partial charge on any atom is 0.137 e. The summed E-state index contributed by atoms with van der Waals surface area (Å²) in [5, 5.41) is 0. The Kier molecular flexibility index (Phi) is 4.33. The molecule has 0 spiro atoms. The highest BCUT2D eigenvalue weighted by Gasteiger charge is 2.23. The summed E-state index contributed by atoms with van der Waals surface area (Å²) < 4.78 is 2.13. The van der Waals surface area contributed by atoms with Crippen LogP contribution in [0.15, 0.2) is 48.7 Å². The standard InChI is InChI=1S/C20H26N4/c1-5-23(20(2,3)4)14-17-19(15-9-7-6-8-10-15)22-18-12-11-16(21)13-24(17)18/h6-13H,5,14,21H2,1-4H3. The zero-order chi connectivity index (χ0) is 17.3. The van der Waals surface area contributed by atoms with Crippen molar-refractivity contribution in [1.82, 2.24) is 14.3 Å². The van der Waals surface area contributed by atoms with Crippen molar-refractivity contribution in [2.45, 2.75) is 39.8 Å². The minimum atomic E-state index is 0.0905. The van der Waals surface area contributed by atoms with E-state index in [4.69, 9.17) is 10.7 Å². The van der Waals surface area contributed by atoms with E-state index in [1.54, 1.807) is 0 Å². The van der Waals surface area contributed by atoms with E-state index in [0.29, 0.717) is 0 Å². The molecule has 0 unspecified atom stereocenters. The molecule has 4 heteroatoms. The van der Waals surface area contributed by atoms with E-state index in [-0.39, 0.29) is 5.54 Å². The van der Waals surface area contributed by atoms with Gasteiger partial charge in [-0.3, -0.25) is 4.90 Å². The lowest BCUT2D eigenvalue weighted by molar-refractivity contribution is 0.134. The van der Waals surface area contributed by atoms with E-state index in [9.17, 15) is 0 Å². The van der Waals surface area contributed by atoms with Crippen LogP contribution < -0.4 is 5.73 Å². The first kappa shape index (κ1) is 16.5. The third kappa shape index (κ3) is 3.15. The lowest BCUT2D eigenvalue weighted by Crippen LogP contribution is -2.40. The number of hydrogen-bond acceptors (Lipinski definition) is 3. The number of imidazole rings is 1. The number of hydrogen-bond donors (Lipinski definition) is 1. The first-order valence-electron chi connectivity index (χ1n) is 8.47. The van der Waals surface area contributed by atoms with Crippen molar-refractivity contribution in [3.63, 3.8) is 0 Å². The van der Waals surface area contributed by atoms with Gasteiger partial charge in [0.25, 0.3) is 0 Å². The molecular formula is C20H26N4. The Bertz CT molecular complexity index is 828. The maximum atomic E-state index is 6.03. The second-order valence-electron chi connectivity index (χ2n) is 7.15. The van der Waals surface area contributed by atoms with Crippen LogP contribution in [0.1, 0.15) is 33.4 Å². The average molecular weight is 322 g/mol. The highest BCUT2D eigenvalue weighted by molar-refractivity contribution is 5.67. The molecule has 2 heterocycles. The molecule has 0 radical (unpaired) electrons. The van der Waals surface area contributed by atoms with Crippen molar-refractivity contribution < 1.29 is 0 Å². The van der Waals surface area contributed by atoms with Gasteiger partial charge in [0.15, 0.2) is 0 Å². The zero-order valence-corrected chi connectivity index (χ0v) is 15.0. The lowest BCUT2D eigenvalue weighted by Gasteiger charge is -2.34. The van der Waals surface area contributed by atoms with E-state index in [1.807, 2.05) is 24.4 Å². The summed E-state index contributed by atoms with van der Waals surface area (Å²) >= 11 is 0. The van der Waals surface area contributed by atoms with Crippen molar-refractivity contribution in [2.75, 3.05) is 12.3 Å². The summed E-state index contributed by atoms with van der Waals surface area (Å²) in [5.74, 6) is 0. The third-order valence-electron chi connectivity index (χ3n) is 4.46. The molecule has 4 nitrogen and oxygen atoms in total. The van der Waals surface area contributed by atoms with Gasteiger partial charge in [-0.15, -0.1) is 0 Å². The van der Waals surface area contributed by atoms with Gasteiger partial charge in [-0.1, -0.05) is 37.3 Å². The average Bonchev–Trinajstić information content (AvgIpc) is 2.90. The number of aromatic nitrogens is 2. The number of fused-ring (bicyclic) bond motifs is 1. The van der Waals surface area contributed by atoms with Crippen LogP contribution in [0, 0.1) is 0 Å². The molecule has 0 aliphatic carbocycles. The highest BCUT2D eigenvalue weighted by atomic mass is 15.2. The van der Waals surface area contributed by atoms with Crippen molar-refractivity contribution in [3.05, 3.63) is 54.4 Å². The van der Waals surface area contributed by atoms with Gasteiger partial charge >= 0.3 is 0 Å². The first-order valence-corrected chi connectivity index (χ1v) is 8.47. The van der Waals surface area contributed by atoms with Crippen LogP contribution in [0.5, 0.6) is 0 Å². The fourth-order valence-corrected chi connectivity index (χ4v) is 3.09. The summed E-state index contributed by atoms with van der Waals surface area (Å²) in [6, 6.07) is 14.3. The smallest absolute Gasteiger partial charge is 0.137 e. The molecule has 0 aliphatic heterocycles. The van der Waals surface area contributed by atoms with Crippen molar-refractivity contribution in [1.29, 1.82) is 0 Å². The zero-order valence-electron chi connectivity index (χ0n) is 15.0. The lowest BCUT2D eigenvalue weighted by atomic mass is 10.0. The van der Waals surface area contributed by atoms with Gasteiger partial charge < -0.3 is 10.1 Å². The second-order valence-corrected chi connectivity index (χ2v) is 7.15. The predicted molar refractivity (Wildman–Crippen MR) is 101 cm³/mol. The number of pyridine rings is 1. The Morgan fingerprint density at radius 3 is 2.42 bits per heavy atom. The van der Waals surface area contributed by atoms with Crippen LogP contribution in [0.3, 0.4) is 0 Å². The monoisotopic (exact) mass is 322 g/mol. The summed E-state index contributed by atoms with van der Waals surface area (Å²) in [4.78, 5) is 7.32. The summed E-state index contributed by atoms with van der Waals surface area (Å²) in [6.45, 7) is 10.7. The molecular weight excluding hydrogens is 296 g/mol. The number of nitrogens with two attached hydrogens (primary N) is 1. The molecule has 24 heavy (non-hydrogen) atoms. The van der Waals surface area contributed by atoms with E-state index in [1.165, 1.54) is 5.69 Å². The van der Waals surface area contributed by atoms with Crippen molar-refractivity contribution in [2.24, 2.45) is 0 Å². The third-order valence-corrected chi connectivity index (χ3v) is 4.46. The van der Waals surface area contributed by atoms with Crippen LogP contribution in [-0.2, 0) is 6.54 Å². The van der Waals surface area contributed by atoms with E-state index < -0.39 is 0 Å². The molecule has 0 fully saturated rings. The predicted octanol–water partition coefficient (Wildman–Crippen LogP) is 4.20. The Morgan fingerprint density at radius 2 is 1.79 bits per heavy atom. The molecule has 3 aromatic rings. The molecule has 0 saturated carbocycles. The highest BCUT2D eigenvalue weighted by Crippen LogP contribution is 2.28. The number of nitrogens with zero attached hydrogens (tertiary/aromatic N) is 3. The van der Waals surface area contributed by atoms with Crippen LogP contribution in [0.25, 0.3) is 16.9 Å². The molecule has 0 bridgehead atoms. The van der Waals surface area contributed by atoms with E-state index in [2.05, 4.69) is 61.3 Å². The van der Waals surface area contributed by atoms with Gasteiger partial charge in [0.1, 0.15) is 5.65 Å². The van der Waals surface area contributed by atoms with Gasteiger partial charge in [0.05, 0.1) is 11.4 Å². The number of rotatable bonds is 4. The molecule has 2 N–H and O–H groups in total. The molecule has 0 amide bonds. The summed E-state index contributed by atoms with van der Waals surface area (Å²) in [7, 11) is 0. The van der Waals surface area contributed by atoms with E-state index >= 15 is 0 Å². The van der Waals surface area contributed by atoms with Crippen molar-refractivity contribution in [3.8, 4) is 11.3 Å². The molecule has 2 aromatic heterocycles. The maximum absolute atomic E-state index is 6.03.